The fourth-order valence-electron chi connectivity index (χ4n) is 6.11. The second-order valence-corrected chi connectivity index (χ2v) is 19.3. The summed E-state index contributed by atoms with van der Waals surface area (Å²) in [6.07, 6.45) is -11.8. The Balaban J connectivity index is 2.26. The van der Waals surface area contributed by atoms with Gasteiger partial charge in [-0.3, -0.25) is 5.32 Å². The number of ether oxygens (including phenoxy) is 4. The summed E-state index contributed by atoms with van der Waals surface area (Å²) in [5.74, 6) is -56.1. The summed E-state index contributed by atoms with van der Waals surface area (Å²) in [6.45, 7) is 8.01. The number of carbonyl (C=O) groups is 1. The van der Waals surface area contributed by atoms with Crippen molar-refractivity contribution in [3.63, 3.8) is 0 Å². The highest BCUT2D eigenvalue weighted by atomic mass is 28.4. The lowest BCUT2D eigenvalue weighted by Crippen LogP contribution is -2.74. The van der Waals surface area contributed by atoms with E-state index < -0.39 is 111 Å². The van der Waals surface area contributed by atoms with Gasteiger partial charge in [-0.25, -0.2) is 4.79 Å². The van der Waals surface area contributed by atoms with E-state index in [-0.39, 0.29) is 5.75 Å². The molecule has 25 heteroatoms. The molecule has 354 valence electrons. The monoisotopic (exact) mass is 947 g/mol. The first-order valence-corrected chi connectivity index (χ1v) is 20.2. The molecule has 0 aromatic heterocycles. The number of nitrogens with one attached hydrogen (secondary N) is 1. The molecular weight excluding hydrogens is 905 g/mol. The number of hydrogen-bond acceptors (Lipinski definition) is 6. The van der Waals surface area contributed by atoms with Crippen molar-refractivity contribution in [2.45, 2.75) is 111 Å². The van der Waals surface area contributed by atoms with Crippen LogP contribution in [0.5, 0.6) is 11.5 Å². The zero-order chi connectivity index (χ0) is 48.1. The molecule has 2 atom stereocenters. The Hall–Kier alpha value is -4.00. The van der Waals surface area contributed by atoms with Crippen LogP contribution in [0.25, 0.3) is 0 Å². The summed E-state index contributed by atoms with van der Waals surface area (Å²) < 4.78 is 263. The van der Waals surface area contributed by atoms with E-state index in [9.17, 15) is 79.4 Å². The van der Waals surface area contributed by atoms with Crippen molar-refractivity contribution in [3.05, 3.63) is 66.7 Å². The van der Waals surface area contributed by atoms with Crippen LogP contribution >= 0.6 is 0 Å². The van der Waals surface area contributed by atoms with Crippen LogP contribution in [0.2, 0.25) is 17.1 Å². The highest BCUT2D eigenvalue weighted by molar-refractivity contribution is 6.76. The van der Waals surface area contributed by atoms with Crippen molar-refractivity contribution in [3.8, 4) is 11.5 Å². The van der Waals surface area contributed by atoms with E-state index in [2.05, 4.69) is 11.9 Å². The molecule has 1 N–H and O–H groups in total. The molecule has 0 bridgehead atoms. The first-order valence-electron chi connectivity index (χ1n) is 17.9. The van der Waals surface area contributed by atoms with E-state index in [4.69, 9.17) is 23.4 Å². The third kappa shape index (κ3) is 10.3. The Labute approximate surface area is 345 Å². The second kappa shape index (κ2) is 19.4. The Kier molecular flexibility index (Phi) is 16.9. The molecule has 0 fully saturated rings. The van der Waals surface area contributed by atoms with Gasteiger partial charge >= 0.3 is 53.7 Å². The predicted octanol–water partition coefficient (Wildman–Crippen LogP) is 12.7. The van der Waals surface area contributed by atoms with Gasteiger partial charge < -0.3 is 23.4 Å². The summed E-state index contributed by atoms with van der Waals surface area (Å²) in [6, 6.07) is 10.6. The molecule has 0 saturated heterocycles. The number of hydrogen-bond donors (Lipinski definition) is 1. The topological polar surface area (TPSA) is 75.3 Å². The zero-order valence-corrected chi connectivity index (χ0v) is 34.4. The summed E-state index contributed by atoms with van der Waals surface area (Å²) in [5, 5.41) is 2.54. The lowest BCUT2D eigenvalue weighted by molar-refractivity contribution is -0.461. The number of methoxy groups -OCH3 is 2. The van der Waals surface area contributed by atoms with Crippen LogP contribution in [0.3, 0.4) is 0 Å². The van der Waals surface area contributed by atoms with Gasteiger partial charge in [-0.15, -0.1) is 6.58 Å². The van der Waals surface area contributed by atoms with E-state index >= 15 is 0 Å². The van der Waals surface area contributed by atoms with Crippen molar-refractivity contribution in [2.24, 2.45) is 0 Å². The molecule has 1 amide bonds. The molecule has 0 spiro atoms. The van der Waals surface area contributed by atoms with E-state index in [1.807, 2.05) is 0 Å². The van der Waals surface area contributed by atoms with Crippen molar-refractivity contribution in [1.29, 1.82) is 0 Å². The van der Waals surface area contributed by atoms with Crippen molar-refractivity contribution in [1.82, 2.24) is 0 Å². The molecule has 7 nitrogen and oxygen atoms in total. The normalized spacial score (nSPS) is 15.0. The van der Waals surface area contributed by atoms with Crippen LogP contribution < -0.4 is 14.8 Å². The minimum atomic E-state index is -8.69. The SMILES string of the molecule is C=C[C@H](OC)[C@@H](OC(=O)Nc1ccc(OC)cc1)c1ccc(OCCO[Si](CCC(F)(F)C(F)(F)C(F)(F)C(F)(F)C(F)(F)C(F)(F)C(F)(F)C(F)(F)F)(C(C)C)C(C)C)cc1. The van der Waals surface area contributed by atoms with Gasteiger partial charge in [0.05, 0.1) is 13.7 Å². The molecule has 0 saturated carbocycles. The van der Waals surface area contributed by atoms with Crippen LogP contribution in [0, 0.1) is 0 Å². The number of alkyl halides is 17. The van der Waals surface area contributed by atoms with Gasteiger partial charge in [-0.1, -0.05) is 45.9 Å². The average Bonchev–Trinajstić information content (AvgIpc) is 3.17. The van der Waals surface area contributed by atoms with Gasteiger partial charge in [-0.2, -0.15) is 74.6 Å². The van der Waals surface area contributed by atoms with Gasteiger partial charge in [-0.05, 0) is 59.1 Å². The minimum Gasteiger partial charge on any atom is -0.497 e. The average molecular weight is 948 g/mol. The molecule has 0 radical (unpaired) electrons. The van der Waals surface area contributed by atoms with E-state index in [1.165, 1.54) is 72.3 Å². The summed E-state index contributed by atoms with van der Waals surface area (Å²) in [7, 11) is -1.22. The van der Waals surface area contributed by atoms with Gasteiger partial charge in [0.1, 0.15) is 24.2 Å². The fourth-order valence-corrected chi connectivity index (χ4v) is 10.6. The van der Waals surface area contributed by atoms with E-state index in [0.29, 0.717) is 17.0 Å². The molecule has 0 aliphatic heterocycles. The summed E-state index contributed by atoms with van der Waals surface area (Å²) >= 11 is 0. The Morgan fingerprint density at radius 3 is 1.53 bits per heavy atom. The molecule has 0 aliphatic carbocycles. The fraction of sp³-hybridized carbons (Fsp3) is 0.595. The number of amides is 1. The van der Waals surface area contributed by atoms with Crippen LogP contribution in [0.1, 0.15) is 45.8 Å². The highest BCUT2D eigenvalue weighted by Gasteiger charge is 2.95. The predicted molar refractivity (Wildman–Crippen MR) is 191 cm³/mol. The molecule has 0 unspecified atom stereocenters. The molecule has 2 rings (SSSR count). The third-order valence-corrected chi connectivity index (χ3v) is 15.6. The molecular formula is C37H42F17NO6Si. The van der Waals surface area contributed by atoms with Gasteiger partial charge in [0, 0.05) is 19.2 Å². The molecule has 62 heavy (non-hydrogen) atoms. The number of benzene rings is 2. The smallest absolute Gasteiger partial charge is 0.460 e. The number of anilines is 1. The number of halogens is 17. The highest BCUT2D eigenvalue weighted by Crippen LogP contribution is 2.64. The van der Waals surface area contributed by atoms with Crippen molar-refractivity contribution in [2.75, 3.05) is 32.8 Å². The van der Waals surface area contributed by atoms with Gasteiger partial charge in [0.15, 0.2) is 14.4 Å². The number of rotatable bonds is 23. The number of carbonyl (C=O) groups excluding carboxylic acids is 1. The maximum absolute atomic E-state index is 15.0. The first kappa shape index (κ1) is 54.1. The largest absolute Gasteiger partial charge is 0.497 e. The van der Waals surface area contributed by atoms with Crippen LogP contribution in [0.4, 0.5) is 85.1 Å². The Morgan fingerprint density at radius 1 is 0.661 bits per heavy atom. The van der Waals surface area contributed by atoms with Gasteiger partial charge in [0.2, 0.25) is 0 Å². The molecule has 2 aromatic carbocycles. The Bertz CT molecular complexity index is 1770. The van der Waals surface area contributed by atoms with Crippen LogP contribution in [-0.2, 0) is 13.9 Å². The third-order valence-electron chi connectivity index (χ3n) is 9.88. The van der Waals surface area contributed by atoms with Gasteiger partial charge in [0.25, 0.3) is 0 Å². The maximum Gasteiger partial charge on any atom is 0.460 e. The molecule has 0 aliphatic rings. The zero-order valence-electron chi connectivity index (χ0n) is 33.4. The van der Waals surface area contributed by atoms with Crippen molar-refractivity contribution < 1.29 is 103 Å². The van der Waals surface area contributed by atoms with E-state index in [1.54, 1.807) is 24.3 Å². The molecule has 0 heterocycles. The lowest BCUT2D eigenvalue weighted by atomic mass is 9.88. The summed E-state index contributed by atoms with van der Waals surface area (Å²) in [4.78, 5) is 12.7. The van der Waals surface area contributed by atoms with Crippen molar-refractivity contribution >= 4 is 20.1 Å². The maximum atomic E-state index is 15.0. The van der Waals surface area contributed by atoms with Crippen LogP contribution in [-0.4, -0.2) is 95.6 Å². The quantitative estimate of drug-likeness (QED) is 0.0518. The van der Waals surface area contributed by atoms with E-state index in [0.717, 1.165) is 0 Å². The Morgan fingerprint density at radius 2 is 1.11 bits per heavy atom. The second-order valence-electron chi connectivity index (χ2n) is 14.3. The first-order chi connectivity index (χ1) is 28.1. The lowest BCUT2D eigenvalue weighted by Gasteiger charge is -2.44. The summed E-state index contributed by atoms with van der Waals surface area (Å²) in [5.41, 5.74) is -1.02. The standard InChI is InChI=1S/C37H42F17NO6Si/c1-8-27(58-7)28(61-29(56)55-24-11-15-25(57-6)16-12-24)23-9-13-26(14-10-23)59-18-19-60-62(21(2)3,22(4)5)20-17-30(38,39)31(40,41)32(42,43)33(44,45)34(46,47)35(48,49)36(50,51)37(52,53)54/h8-16,21-22,27-28H,1,17-20H2,2-7H3,(H,55,56)/t27-,28-/m0/s1. The van der Waals surface area contributed by atoms with Crippen LogP contribution in [0.15, 0.2) is 61.2 Å². The minimum absolute atomic E-state index is 0.123. The molecule has 2 aromatic rings.